The molecule has 1 heterocycles. The summed E-state index contributed by atoms with van der Waals surface area (Å²) in [5.41, 5.74) is 0. The van der Waals surface area contributed by atoms with Gasteiger partial charge in [0.05, 0.1) is 35.1 Å². The summed E-state index contributed by atoms with van der Waals surface area (Å²) in [4.78, 5) is 11.5. The van der Waals surface area contributed by atoms with Crippen LogP contribution in [0.2, 0.25) is 0 Å². The highest BCUT2D eigenvalue weighted by Crippen LogP contribution is 2.16. The van der Waals surface area contributed by atoms with E-state index in [4.69, 9.17) is 4.74 Å². The average Bonchev–Trinajstić information content (AvgIpc) is 2.73. The van der Waals surface area contributed by atoms with E-state index in [-0.39, 0.29) is 23.0 Å². The molecular weight excluding hydrogens is 344 g/mol. The quantitative estimate of drug-likeness (QED) is 0.754. The van der Waals surface area contributed by atoms with E-state index in [1.807, 2.05) is 0 Å². The van der Waals surface area contributed by atoms with E-state index < -0.39 is 38.0 Å². The van der Waals surface area contributed by atoms with Gasteiger partial charge in [0.2, 0.25) is 10.0 Å². The van der Waals surface area contributed by atoms with Gasteiger partial charge < -0.3 is 10.1 Å². The van der Waals surface area contributed by atoms with Gasteiger partial charge in [0.15, 0.2) is 9.84 Å². The predicted octanol–water partition coefficient (Wildman–Crippen LogP) is -0.123. The van der Waals surface area contributed by atoms with Crippen molar-refractivity contribution in [1.29, 1.82) is 0 Å². The van der Waals surface area contributed by atoms with Gasteiger partial charge in [-0.15, -0.1) is 0 Å². The number of rotatable bonds is 5. The maximum Gasteiger partial charge on any atom is 0.407 e. The molecule has 2 N–H and O–H groups in total. The molecule has 2 rings (SSSR count). The molecule has 1 aliphatic rings. The molecule has 10 heteroatoms. The van der Waals surface area contributed by atoms with E-state index in [2.05, 4.69) is 10.0 Å². The Labute approximate surface area is 135 Å². The van der Waals surface area contributed by atoms with Gasteiger partial charge in [-0.25, -0.2) is 26.4 Å². The van der Waals surface area contributed by atoms with Crippen LogP contribution in [0.25, 0.3) is 0 Å². The topological polar surface area (TPSA) is 119 Å². The fourth-order valence-electron chi connectivity index (χ4n) is 2.30. The lowest BCUT2D eigenvalue weighted by Crippen LogP contribution is -2.50. The second-order valence-corrected chi connectivity index (χ2v) is 8.96. The van der Waals surface area contributed by atoms with E-state index in [1.54, 1.807) is 25.1 Å². The monoisotopic (exact) mass is 362 g/mol. The fraction of sp³-hybridized carbons (Fsp3) is 0.462. The van der Waals surface area contributed by atoms with Crippen molar-refractivity contribution in [2.75, 3.05) is 18.1 Å². The van der Waals surface area contributed by atoms with Crippen molar-refractivity contribution in [2.45, 2.75) is 23.9 Å². The minimum atomic E-state index is -3.88. The number of ether oxygens (including phenoxy) is 1. The second-order valence-electron chi connectivity index (χ2n) is 5.09. The number of alkyl carbamates (subject to hydrolysis) is 1. The molecule has 0 aliphatic carbocycles. The molecule has 0 spiro atoms. The van der Waals surface area contributed by atoms with Crippen LogP contribution in [-0.4, -0.2) is 53.1 Å². The summed E-state index contributed by atoms with van der Waals surface area (Å²) in [5, 5.41) is 2.39. The molecule has 1 fully saturated rings. The molecule has 8 nitrogen and oxygen atoms in total. The van der Waals surface area contributed by atoms with Gasteiger partial charge in [0.25, 0.3) is 0 Å². The Morgan fingerprint density at radius 1 is 1.22 bits per heavy atom. The minimum absolute atomic E-state index is 0.0270. The average molecular weight is 362 g/mol. The van der Waals surface area contributed by atoms with E-state index in [0.29, 0.717) is 0 Å². The molecule has 0 bridgehead atoms. The fourth-order valence-corrected chi connectivity index (χ4v) is 5.56. The molecule has 0 unspecified atom stereocenters. The van der Waals surface area contributed by atoms with Crippen LogP contribution in [0.15, 0.2) is 35.2 Å². The van der Waals surface area contributed by atoms with Crippen molar-refractivity contribution in [3.05, 3.63) is 30.3 Å². The molecule has 1 amide bonds. The number of hydrogen-bond donors (Lipinski definition) is 2. The standard InChI is InChI=1S/C13H18N2O6S2/c1-2-21-13(16)14-11-8-22(17,18)9-12(11)15-23(19,20)10-6-4-3-5-7-10/h3-7,11-12,15H,2,8-9H2,1H3,(H,14,16)/t11-,12-/m1/s1. The van der Waals surface area contributed by atoms with E-state index in [0.717, 1.165) is 0 Å². The highest BCUT2D eigenvalue weighted by Gasteiger charge is 2.41. The summed E-state index contributed by atoms with van der Waals surface area (Å²) in [6.45, 7) is 1.74. The van der Waals surface area contributed by atoms with Gasteiger partial charge >= 0.3 is 6.09 Å². The Hall–Kier alpha value is -1.65. The maximum atomic E-state index is 12.3. The number of nitrogens with one attached hydrogen (secondary N) is 2. The van der Waals surface area contributed by atoms with Crippen LogP contribution in [0.1, 0.15) is 6.92 Å². The Morgan fingerprint density at radius 2 is 1.83 bits per heavy atom. The van der Waals surface area contributed by atoms with Crippen molar-refractivity contribution < 1.29 is 26.4 Å². The van der Waals surface area contributed by atoms with Gasteiger partial charge in [-0.3, -0.25) is 0 Å². The van der Waals surface area contributed by atoms with Crippen LogP contribution in [-0.2, 0) is 24.6 Å². The Kier molecular flexibility index (Phi) is 5.27. The molecular formula is C13H18N2O6S2. The molecule has 1 aliphatic heterocycles. The summed E-state index contributed by atoms with van der Waals surface area (Å²) in [6.07, 6.45) is -0.779. The molecule has 1 saturated heterocycles. The van der Waals surface area contributed by atoms with Gasteiger partial charge in [-0.2, -0.15) is 0 Å². The van der Waals surface area contributed by atoms with Gasteiger partial charge in [-0.05, 0) is 19.1 Å². The molecule has 23 heavy (non-hydrogen) atoms. The SMILES string of the molecule is CCOC(=O)N[C@@H]1CS(=O)(=O)C[C@H]1NS(=O)(=O)c1ccccc1. The molecule has 2 atom stereocenters. The molecule has 0 saturated carbocycles. The van der Waals surface area contributed by atoms with Gasteiger partial charge in [0, 0.05) is 0 Å². The maximum absolute atomic E-state index is 12.3. The highest BCUT2D eigenvalue weighted by atomic mass is 32.2. The lowest BCUT2D eigenvalue weighted by molar-refractivity contribution is 0.148. The normalized spacial score (nSPS) is 23.3. The summed E-state index contributed by atoms with van der Waals surface area (Å²) >= 11 is 0. The zero-order chi connectivity index (χ0) is 17.1. The highest BCUT2D eigenvalue weighted by molar-refractivity contribution is 7.92. The summed E-state index contributed by atoms with van der Waals surface area (Å²) < 4.78 is 55.2. The van der Waals surface area contributed by atoms with Crippen LogP contribution in [0.4, 0.5) is 4.79 Å². The molecule has 128 valence electrons. The van der Waals surface area contributed by atoms with E-state index in [1.165, 1.54) is 12.1 Å². The van der Waals surface area contributed by atoms with E-state index >= 15 is 0 Å². The zero-order valence-corrected chi connectivity index (χ0v) is 14.1. The van der Waals surface area contributed by atoms with Crippen molar-refractivity contribution in [3.63, 3.8) is 0 Å². The Balaban J connectivity index is 2.17. The van der Waals surface area contributed by atoms with Crippen molar-refractivity contribution >= 4 is 26.0 Å². The number of carbonyl (C=O) groups excluding carboxylic acids is 1. The molecule has 1 aromatic rings. The van der Waals surface area contributed by atoms with Crippen LogP contribution in [0.3, 0.4) is 0 Å². The van der Waals surface area contributed by atoms with Crippen molar-refractivity contribution in [1.82, 2.24) is 10.0 Å². The summed E-state index contributed by atoms with van der Waals surface area (Å²) in [6, 6.07) is 5.78. The number of carbonyl (C=O) groups is 1. The van der Waals surface area contributed by atoms with Crippen molar-refractivity contribution in [2.24, 2.45) is 0 Å². The van der Waals surface area contributed by atoms with Gasteiger partial charge in [0.1, 0.15) is 0 Å². The smallest absolute Gasteiger partial charge is 0.407 e. The minimum Gasteiger partial charge on any atom is -0.450 e. The first-order valence-electron chi connectivity index (χ1n) is 6.94. The zero-order valence-electron chi connectivity index (χ0n) is 12.4. The number of hydrogen-bond acceptors (Lipinski definition) is 6. The lowest BCUT2D eigenvalue weighted by Gasteiger charge is -2.20. The van der Waals surface area contributed by atoms with Crippen LogP contribution < -0.4 is 10.0 Å². The number of sulfonamides is 1. The second kappa shape index (κ2) is 6.85. The summed E-state index contributed by atoms with van der Waals surface area (Å²) in [5.74, 6) is -0.718. The number of sulfone groups is 1. The third kappa shape index (κ3) is 4.66. The van der Waals surface area contributed by atoms with Crippen LogP contribution in [0.5, 0.6) is 0 Å². The summed E-state index contributed by atoms with van der Waals surface area (Å²) in [7, 11) is -7.34. The first-order valence-corrected chi connectivity index (χ1v) is 10.2. The third-order valence-electron chi connectivity index (χ3n) is 3.29. The molecule has 0 radical (unpaired) electrons. The van der Waals surface area contributed by atoms with Crippen molar-refractivity contribution in [3.8, 4) is 0 Å². The number of amides is 1. The van der Waals surface area contributed by atoms with E-state index in [9.17, 15) is 21.6 Å². The largest absolute Gasteiger partial charge is 0.450 e. The number of benzene rings is 1. The third-order valence-corrected chi connectivity index (χ3v) is 6.53. The van der Waals surface area contributed by atoms with Gasteiger partial charge in [-0.1, -0.05) is 18.2 Å². The Bertz CT molecular complexity index is 761. The Morgan fingerprint density at radius 3 is 2.43 bits per heavy atom. The molecule has 0 aromatic heterocycles. The van der Waals surface area contributed by atoms with Crippen LogP contribution >= 0.6 is 0 Å². The first kappa shape index (κ1) is 17.7. The predicted molar refractivity (Wildman–Crippen MR) is 83.2 cm³/mol. The van der Waals surface area contributed by atoms with Crippen LogP contribution in [0, 0.1) is 0 Å². The first-order chi connectivity index (χ1) is 10.7. The lowest BCUT2D eigenvalue weighted by atomic mass is 10.2. The molecule has 1 aromatic carbocycles.